The van der Waals surface area contributed by atoms with Crippen LogP contribution < -0.4 is 0 Å². The number of nitrogens with one attached hydrogen (secondary N) is 1. The molecule has 0 aromatic carbocycles. The highest BCUT2D eigenvalue weighted by molar-refractivity contribution is 7.71. The van der Waals surface area contributed by atoms with Gasteiger partial charge in [-0.1, -0.05) is 11.6 Å². The van der Waals surface area contributed by atoms with Crippen LogP contribution in [0.25, 0.3) is 0 Å². The van der Waals surface area contributed by atoms with Gasteiger partial charge in [-0.3, -0.25) is 0 Å². The van der Waals surface area contributed by atoms with Gasteiger partial charge in [-0.05, 0) is 31.3 Å². The van der Waals surface area contributed by atoms with E-state index in [9.17, 15) is 5.11 Å². The number of aliphatic hydroxyl groups excluding tert-OH is 1. The minimum absolute atomic E-state index is 0.0312. The number of H-pyrrole nitrogens is 1. The monoisotopic (exact) mass is 274 g/mol. The quantitative estimate of drug-likeness (QED) is 0.843. The van der Waals surface area contributed by atoms with Crippen molar-refractivity contribution < 1.29 is 5.11 Å². The number of aromatic nitrogens is 2. The van der Waals surface area contributed by atoms with Gasteiger partial charge in [0.15, 0.2) is 4.77 Å². The first-order chi connectivity index (χ1) is 7.63. The summed E-state index contributed by atoms with van der Waals surface area (Å²) in [6.45, 7) is 2.00. The highest BCUT2D eigenvalue weighted by Gasteiger charge is 2.14. The smallest absolute Gasteiger partial charge is 0.178 e. The van der Waals surface area contributed by atoms with E-state index in [-0.39, 0.29) is 12.6 Å². The molecule has 0 aliphatic carbocycles. The molecule has 1 atom stereocenters. The van der Waals surface area contributed by atoms with Gasteiger partial charge in [0, 0.05) is 11.1 Å². The van der Waals surface area contributed by atoms with Crippen LogP contribution >= 0.6 is 35.2 Å². The first kappa shape index (κ1) is 11.9. The molecule has 0 aliphatic rings. The molecule has 0 fully saturated rings. The second kappa shape index (κ2) is 4.71. The van der Waals surface area contributed by atoms with E-state index in [2.05, 4.69) is 4.98 Å². The zero-order valence-corrected chi connectivity index (χ0v) is 11.0. The Kier molecular flexibility index (Phi) is 3.49. The van der Waals surface area contributed by atoms with Crippen LogP contribution in [0.5, 0.6) is 0 Å². The van der Waals surface area contributed by atoms with Crippen molar-refractivity contribution in [3.8, 4) is 0 Å². The number of hydrogen-bond donors (Lipinski definition) is 2. The highest BCUT2D eigenvalue weighted by atomic mass is 35.5. The number of imidazole rings is 1. The van der Waals surface area contributed by atoms with E-state index in [0.29, 0.717) is 4.77 Å². The van der Waals surface area contributed by atoms with Gasteiger partial charge in [0.25, 0.3) is 0 Å². The molecule has 2 N–H and O–H groups in total. The number of nitrogens with zero attached hydrogens (tertiary/aromatic N) is 1. The Morgan fingerprint density at radius 3 is 2.94 bits per heavy atom. The van der Waals surface area contributed by atoms with Crippen molar-refractivity contribution in [1.29, 1.82) is 0 Å². The third-order valence-corrected chi connectivity index (χ3v) is 4.16. The summed E-state index contributed by atoms with van der Waals surface area (Å²) in [6.07, 6.45) is 1.73. The lowest BCUT2D eigenvalue weighted by molar-refractivity contribution is 0.269. The maximum atomic E-state index is 9.22. The molecule has 0 amide bonds. The summed E-state index contributed by atoms with van der Waals surface area (Å²) in [5.74, 6) is 0. The molecule has 0 radical (unpaired) electrons. The van der Waals surface area contributed by atoms with E-state index in [1.807, 2.05) is 23.6 Å². The third kappa shape index (κ3) is 2.08. The van der Waals surface area contributed by atoms with Crippen molar-refractivity contribution in [2.24, 2.45) is 0 Å². The highest BCUT2D eigenvalue weighted by Crippen LogP contribution is 2.30. The van der Waals surface area contributed by atoms with Gasteiger partial charge in [-0.25, -0.2) is 0 Å². The molecule has 0 saturated carbocycles. The average molecular weight is 275 g/mol. The Hall–Kier alpha value is -0.620. The molecular formula is C10H11ClN2OS2. The predicted molar refractivity (Wildman–Crippen MR) is 68.7 cm³/mol. The molecule has 86 valence electrons. The largest absolute Gasteiger partial charge is 0.390 e. The molecule has 0 spiro atoms. The van der Waals surface area contributed by atoms with E-state index in [1.165, 1.54) is 11.3 Å². The van der Waals surface area contributed by atoms with Gasteiger partial charge in [0.1, 0.15) is 0 Å². The predicted octanol–water partition coefficient (Wildman–Crippen LogP) is 3.36. The summed E-state index contributed by atoms with van der Waals surface area (Å²) in [4.78, 5) is 4.06. The van der Waals surface area contributed by atoms with Gasteiger partial charge in [-0.2, -0.15) is 0 Å². The number of halogens is 1. The summed E-state index contributed by atoms with van der Waals surface area (Å²) in [7, 11) is 0. The van der Waals surface area contributed by atoms with Crippen molar-refractivity contribution in [3.05, 3.63) is 38.0 Å². The molecular weight excluding hydrogens is 264 g/mol. The molecule has 0 saturated heterocycles. The van der Waals surface area contributed by atoms with Crippen LogP contribution in [0.15, 0.2) is 18.3 Å². The summed E-state index contributed by atoms with van der Waals surface area (Å²) in [5, 5.41) is 9.22. The lowest BCUT2D eigenvalue weighted by atomic mass is 10.2. The molecule has 16 heavy (non-hydrogen) atoms. The second-order valence-electron chi connectivity index (χ2n) is 3.43. The fraction of sp³-hybridized carbons (Fsp3) is 0.300. The van der Waals surface area contributed by atoms with E-state index in [4.69, 9.17) is 23.8 Å². The Labute approximate surface area is 107 Å². The van der Waals surface area contributed by atoms with Crippen LogP contribution in [0.3, 0.4) is 0 Å². The fourth-order valence-electron chi connectivity index (χ4n) is 1.64. The zero-order valence-electron chi connectivity index (χ0n) is 8.61. The minimum atomic E-state index is -0.0312. The summed E-state index contributed by atoms with van der Waals surface area (Å²) in [5.41, 5.74) is 0.780. The molecule has 0 aliphatic heterocycles. The first-order valence-corrected chi connectivity index (χ1v) is 6.38. The van der Waals surface area contributed by atoms with Gasteiger partial charge in [-0.15, -0.1) is 11.3 Å². The maximum Gasteiger partial charge on any atom is 0.178 e. The van der Waals surface area contributed by atoms with Crippen LogP contribution in [-0.4, -0.2) is 14.7 Å². The van der Waals surface area contributed by atoms with Crippen LogP contribution in [0, 0.1) is 4.77 Å². The summed E-state index contributed by atoms with van der Waals surface area (Å²) >= 11 is 12.6. The molecule has 6 heteroatoms. The van der Waals surface area contributed by atoms with Gasteiger partial charge >= 0.3 is 0 Å². The third-order valence-electron chi connectivity index (χ3n) is 2.45. The Morgan fingerprint density at radius 2 is 2.38 bits per heavy atom. The van der Waals surface area contributed by atoms with E-state index >= 15 is 0 Å². The normalized spacial score (nSPS) is 12.9. The topological polar surface area (TPSA) is 41.0 Å². The van der Waals surface area contributed by atoms with Gasteiger partial charge < -0.3 is 14.7 Å². The minimum Gasteiger partial charge on any atom is -0.390 e. The molecule has 3 nitrogen and oxygen atoms in total. The van der Waals surface area contributed by atoms with Gasteiger partial charge in [0.05, 0.1) is 22.7 Å². The second-order valence-corrected chi connectivity index (χ2v) is 5.56. The number of rotatable bonds is 3. The molecule has 2 heterocycles. The lowest BCUT2D eigenvalue weighted by Crippen LogP contribution is -2.09. The molecule has 0 bridgehead atoms. The molecule has 2 aromatic heterocycles. The van der Waals surface area contributed by atoms with Crippen LogP contribution in [0.4, 0.5) is 0 Å². The zero-order chi connectivity index (χ0) is 11.7. The fourth-order valence-corrected chi connectivity index (χ4v) is 3.08. The van der Waals surface area contributed by atoms with E-state index in [0.717, 1.165) is 14.9 Å². The summed E-state index contributed by atoms with van der Waals surface area (Å²) in [6, 6.07) is 3.93. The van der Waals surface area contributed by atoms with Crippen LogP contribution in [-0.2, 0) is 6.61 Å². The Balaban J connectivity index is 2.44. The van der Waals surface area contributed by atoms with Crippen LogP contribution in [0.2, 0.25) is 4.34 Å². The average Bonchev–Trinajstić information content (AvgIpc) is 2.83. The number of aliphatic hydroxyl groups is 1. The van der Waals surface area contributed by atoms with Crippen molar-refractivity contribution in [2.45, 2.75) is 19.6 Å². The van der Waals surface area contributed by atoms with Crippen molar-refractivity contribution in [1.82, 2.24) is 9.55 Å². The molecule has 1 unspecified atom stereocenters. The molecule has 2 rings (SSSR count). The summed E-state index contributed by atoms with van der Waals surface area (Å²) < 4.78 is 3.27. The van der Waals surface area contributed by atoms with Crippen molar-refractivity contribution >= 4 is 35.2 Å². The number of aromatic amines is 1. The van der Waals surface area contributed by atoms with E-state index in [1.54, 1.807) is 6.20 Å². The first-order valence-electron chi connectivity index (χ1n) is 4.78. The lowest BCUT2D eigenvalue weighted by Gasteiger charge is -2.14. The van der Waals surface area contributed by atoms with Crippen molar-refractivity contribution in [2.75, 3.05) is 0 Å². The van der Waals surface area contributed by atoms with Crippen LogP contribution in [0.1, 0.15) is 23.5 Å². The van der Waals surface area contributed by atoms with Gasteiger partial charge in [0.2, 0.25) is 0 Å². The standard InChI is InChI=1S/C10H11ClN2OS2/c1-6(8-2-3-9(11)16-8)13-7(5-14)4-12-10(13)15/h2-4,6,14H,5H2,1H3,(H,12,15). The molecule has 2 aromatic rings. The Bertz CT molecular complexity index is 543. The SMILES string of the molecule is CC(c1ccc(Cl)s1)n1c(CO)c[nH]c1=S. The van der Waals surface area contributed by atoms with Crippen molar-refractivity contribution in [3.63, 3.8) is 0 Å². The van der Waals surface area contributed by atoms with E-state index < -0.39 is 0 Å². The Morgan fingerprint density at radius 1 is 1.62 bits per heavy atom. The maximum absolute atomic E-state index is 9.22. The number of thiophene rings is 1. The number of hydrogen-bond acceptors (Lipinski definition) is 3.